The van der Waals surface area contributed by atoms with E-state index < -0.39 is 17.8 Å². The minimum atomic E-state index is -4.41. The predicted octanol–water partition coefficient (Wildman–Crippen LogP) is 4.30. The monoisotopic (exact) mass is 324 g/mol. The number of allylic oxidation sites excluding steroid dienone is 1. The Bertz CT molecular complexity index is 683. The summed E-state index contributed by atoms with van der Waals surface area (Å²) in [7, 11) is 0. The summed E-state index contributed by atoms with van der Waals surface area (Å²) in [5.74, 6) is 0.0852. The fraction of sp³-hybridized carbons (Fsp3) is 0.500. The van der Waals surface area contributed by atoms with Gasteiger partial charge in [-0.1, -0.05) is 31.6 Å². The molecule has 4 rings (SSSR count). The molecule has 0 spiro atoms. The lowest BCUT2D eigenvalue weighted by Gasteiger charge is -2.56. The molecular weight excluding hydrogens is 305 g/mol. The topological polar surface area (TPSA) is 37.3 Å². The Balaban J connectivity index is 1.93. The molecule has 1 aromatic carbocycles. The van der Waals surface area contributed by atoms with Gasteiger partial charge in [-0.15, -0.1) is 0 Å². The summed E-state index contributed by atoms with van der Waals surface area (Å²) in [4.78, 5) is 12.6. The van der Waals surface area contributed by atoms with Gasteiger partial charge in [-0.25, -0.2) is 0 Å². The first-order valence-corrected chi connectivity index (χ1v) is 7.65. The van der Waals surface area contributed by atoms with E-state index >= 15 is 0 Å². The highest BCUT2D eigenvalue weighted by molar-refractivity contribution is 6.02. The number of fused-ring (bicyclic) bond motifs is 1. The number of rotatable bonds is 2. The first-order valence-electron chi connectivity index (χ1n) is 7.65. The van der Waals surface area contributed by atoms with Crippen LogP contribution in [0.5, 0.6) is 0 Å². The van der Waals surface area contributed by atoms with Crippen LogP contribution in [-0.4, -0.2) is 10.9 Å². The number of carbonyl (C=O) groups is 1. The smallest absolute Gasteiger partial charge is 0.384 e. The molecule has 3 atom stereocenters. The van der Waals surface area contributed by atoms with E-state index in [1.807, 2.05) is 6.92 Å². The van der Waals surface area contributed by atoms with E-state index in [1.165, 1.54) is 12.1 Å². The fourth-order valence-corrected chi connectivity index (χ4v) is 4.05. The van der Waals surface area contributed by atoms with Crippen LogP contribution >= 0.6 is 0 Å². The summed E-state index contributed by atoms with van der Waals surface area (Å²) in [6.07, 6.45) is -4.77. The van der Waals surface area contributed by atoms with Crippen LogP contribution in [0.4, 0.5) is 13.2 Å². The average molecular weight is 324 g/mol. The minimum absolute atomic E-state index is 0.0672. The molecule has 3 aliphatic rings. The van der Waals surface area contributed by atoms with Crippen molar-refractivity contribution in [1.29, 1.82) is 0 Å². The quantitative estimate of drug-likeness (QED) is 0.880. The molecule has 124 valence electrons. The molecule has 3 aliphatic carbocycles. The van der Waals surface area contributed by atoms with Crippen molar-refractivity contribution in [2.24, 2.45) is 17.3 Å². The van der Waals surface area contributed by atoms with Crippen molar-refractivity contribution in [3.8, 4) is 0 Å². The van der Waals surface area contributed by atoms with Crippen LogP contribution in [0.1, 0.15) is 44.4 Å². The van der Waals surface area contributed by atoms with E-state index in [1.54, 1.807) is 0 Å². The van der Waals surface area contributed by atoms with Crippen molar-refractivity contribution in [3.63, 3.8) is 0 Å². The lowest BCUT2D eigenvalue weighted by atomic mass is 9.46. The Morgan fingerprint density at radius 3 is 2.17 bits per heavy atom. The van der Waals surface area contributed by atoms with Gasteiger partial charge < -0.3 is 5.11 Å². The molecular formula is C18H19F3O2. The molecule has 0 radical (unpaired) electrons. The van der Waals surface area contributed by atoms with Gasteiger partial charge in [0.05, 0.1) is 5.56 Å². The molecule has 23 heavy (non-hydrogen) atoms. The molecule has 1 saturated carbocycles. The average Bonchev–Trinajstić information content (AvgIpc) is 2.45. The number of carbonyl (C=O) groups excluding carboxylic acids is 1. The van der Waals surface area contributed by atoms with Gasteiger partial charge in [-0.2, -0.15) is 13.2 Å². The number of hydrogen-bond donors (Lipinski definition) is 1. The molecule has 5 heteroatoms. The zero-order valence-corrected chi connectivity index (χ0v) is 13.2. The van der Waals surface area contributed by atoms with Gasteiger partial charge in [0.2, 0.25) is 0 Å². The highest BCUT2D eigenvalue weighted by Gasteiger charge is 2.57. The van der Waals surface area contributed by atoms with Gasteiger partial charge in [-0.05, 0) is 42.4 Å². The minimum Gasteiger partial charge on any atom is -0.384 e. The second kappa shape index (κ2) is 4.94. The third-order valence-corrected chi connectivity index (χ3v) is 5.62. The van der Waals surface area contributed by atoms with Crippen LogP contribution in [-0.2, 0) is 11.0 Å². The Kier molecular flexibility index (Phi) is 3.49. The SMILES string of the molecule is CC1=C(C(O)c2ccc(C(F)(F)F)cc2)C(=O)[C@@H]2C[C@H]1C2(C)C. The number of halogens is 3. The number of aliphatic hydroxyl groups excluding tert-OH is 1. The molecule has 2 bridgehead atoms. The lowest BCUT2D eigenvalue weighted by Crippen LogP contribution is -2.54. The van der Waals surface area contributed by atoms with Gasteiger partial charge in [0.15, 0.2) is 5.78 Å². The van der Waals surface area contributed by atoms with Crippen molar-refractivity contribution >= 4 is 5.78 Å². The Morgan fingerprint density at radius 1 is 1.17 bits per heavy atom. The highest BCUT2D eigenvalue weighted by atomic mass is 19.4. The number of alkyl halides is 3. The maximum atomic E-state index is 12.6. The Hall–Kier alpha value is -1.62. The van der Waals surface area contributed by atoms with Crippen molar-refractivity contribution < 1.29 is 23.1 Å². The Morgan fingerprint density at radius 2 is 1.74 bits per heavy atom. The molecule has 0 heterocycles. The van der Waals surface area contributed by atoms with Crippen LogP contribution < -0.4 is 0 Å². The van der Waals surface area contributed by atoms with Gasteiger partial charge in [0.1, 0.15) is 6.10 Å². The number of hydrogen-bond acceptors (Lipinski definition) is 2. The second-order valence-corrected chi connectivity index (χ2v) is 7.15. The maximum Gasteiger partial charge on any atom is 0.416 e. The van der Waals surface area contributed by atoms with Gasteiger partial charge in [0, 0.05) is 11.5 Å². The molecule has 0 amide bonds. The lowest BCUT2D eigenvalue weighted by molar-refractivity contribution is -0.138. The van der Waals surface area contributed by atoms with Crippen molar-refractivity contribution in [2.45, 2.75) is 39.5 Å². The van der Waals surface area contributed by atoms with Gasteiger partial charge >= 0.3 is 6.18 Å². The molecule has 2 nitrogen and oxygen atoms in total. The van der Waals surface area contributed by atoms with Crippen LogP contribution in [0.15, 0.2) is 35.4 Å². The van der Waals surface area contributed by atoms with Crippen LogP contribution in [0, 0.1) is 17.3 Å². The van der Waals surface area contributed by atoms with E-state index in [9.17, 15) is 23.1 Å². The summed E-state index contributed by atoms with van der Waals surface area (Å²) >= 11 is 0. The van der Waals surface area contributed by atoms with E-state index in [-0.39, 0.29) is 23.0 Å². The Labute approximate surface area is 133 Å². The van der Waals surface area contributed by atoms with Crippen LogP contribution in [0.25, 0.3) is 0 Å². The van der Waals surface area contributed by atoms with E-state index in [2.05, 4.69) is 13.8 Å². The molecule has 1 fully saturated rings. The third kappa shape index (κ3) is 2.33. The van der Waals surface area contributed by atoms with Crippen molar-refractivity contribution in [1.82, 2.24) is 0 Å². The van der Waals surface area contributed by atoms with E-state index in [0.717, 1.165) is 24.1 Å². The first-order chi connectivity index (χ1) is 10.5. The number of aliphatic hydroxyl groups is 1. The van der Waals surface area contributed by atoms with E-state index in [4.69, 9.17) is 0 Å². The summed E-state index contributed by atoms with van der Waals surface area (Å²) in [5.41, 5.74) is 0.697. The summed E-state index contributed by atoms with van der Waals surface area (Å²) in [5, 5.41) is 10.5. The van der Waals surface area contributed by atoms with Gasteiger partial charge in [0.25, 0.3) is 0 Å². The number of ketones is 1. The van der Waals surface area contributed by atoms with Gasteiger partial charge in [-0.3, -0.25) is 4.79 Å². The second-order valence-electron chi connectivity index (χ2n) is 7.15. The highest BCUT2D eigenvalue weighted by Crippen LogP contribution is 2.60. The predicted molar refractivity (Wildman–Crippen MR) is 79.5 cm³/mol. The number of Topliss-reactive ketones (excluding diaryl/α,β-unsaturated/α-hetero) is 1. The zero-order chi connectivity index (χ0) is 17.2. The molecule has 1 unspecified atom stereocenters. The molecule has 1 aromatic rings. The maximum absolute atomic E-state index is 12.6. The van der Waals surface area contributed by atoms with Crippen molar-refractivity contribution in [2.75, 3.05) is 0 Å². The van der Waals surface area contributed by atoms with Crippen LogP contribution in [0.3, 0.4) is 0 Å². The van der Waals surface area contributed by atoms with Crippen LogP contribution in [0.2, 0.25) is 0 Å². The summed E-state index contributed by atoms with van der Waals surface area (Å²) in [6.45, 7) is 5.95. The molecule has 0 saturated heterocycles. The number of benzene rings is 1. The largest absolute Gasteiger partial charge is 0.416 e. The summed E-state index contributed by atoms with van der Waals surface area (Å²) in [6, 6.07) is 4.36. The normalized spacial score (nSPS) is 27.7. The van der Waals surface area contributed by atoms with Crippen molar-refractivity contribution in [3.05, 3.63) is 46.5 Å². The zero-order valence-electron chi connectivity index (χ0n) is 13.2. The first kappa shape index (κ1) is 16.2. The fourth-order valence-electron chi connectivity index (χ4n) is 4.05. The third-order valence-electron chi connectivity index (χ3n) is 5.62. The van der Waals surface area contributed by atoms with E-state index in [0.29, 0.717) is 11.1 Å². The summed E-state index contributed by atoms with van der Waals surface area (Å²) < 4.78 is 37.8. The standard InChI is InChI=1S/C18H19F3O2/c1-9-12-8-13(17(12,2)3)16(23)14(9)15(22)10-4-6-11(7-5-10)18(19,20)21/h4-7,12-13,15,22H,8H2,1-3H3/t12-,13+,15?/m1/s1. The molecule has 1 N–H and O–H groups in total. The molecule has 0 aliphatic heterocycles. The molecule has 0 aromatic heterocycles.